The number of carbonyl (C=O) groups excluding carboxylic acids is 3. The summed E-state index contributed by atoms with van der Waals surface area (Å²) in [5.74, 6) is -2.37. The van der Waals surface area contributed by atoms with Gasteiger partial charge in [0.15, 0.2) is 0 Å². The van der Waals surface area contributed by atoms with Gasteiger partial charge in [-0.15, -0.1) is 0 Å². The molecular weight excluding hydrogens is 542 g/mol. The number of nitrogens with two attached hydrogens (primary N) is 2. The second-order valence-corrected chi connectivity index (χ2v) is 10.6. The van der Waals surface area contributed by atoms with Gasteiger partial charge in [-0.2, -0.15) is 0 Å². The SMILES string of the molecule is CC[C@@]1(OC(=O)[C@H](CCO)NC(=O)[C@@H](N)CCCCN)C(=O)OCc2c1cc1n(c2=O)Cc2cc3ccccc3nc2-1. The van der Waals surface area contributed by atoms with Gasteiger partial charge >= 0.3 is 11.9 Å². The van der Waals surface area contributed by atoms with Crippen molar-refractivity contribution in [3.05, 3.63) is 63.4 Å². The number of esters is 2. The first-order chi connectivity index (χ1) is 20.2. The van der Waals surface area contributed by atoms with Crippen LogP contribution < -0.4 is 22.3 Å². The number of hydrogen-bond donors (Lipinski definition) is 4. The van der Waals surface area contributed by atoms with E-state index in [0.29, 0.717) is 43.7 Å². The van der Waals surface area contributed by atoms with Crippen LogP contribution in [0.4, 0.5) is 0 Å². The Labute approximate surface area is 242 Å². The van der Waals surface area contributed by atoms with E-state index in [0.717, 1.165) is 16.5 Å². The number of para-hydroxylation sites is 1. The van der Waals surface area contributed by atoms with E-state index in [1.165, 1.54) is 0 Å². The van der Waals surface area contributed by atoms with E-state index >= 15 is 0 Å². The molecule has 0 saturated heterocycles. The highest BCUT2D eigenvalue weighted by Crippen LogP contribution is 2.41. The molecule has 2 aromatic heterocycles. The lowest BCUT2D eigenvalue weighted by atomic mass is 9.85. The second kappa shape index (κ2) is 12.0. The van der Waals surface area contributed by atoms with Crippen molar-refractivity contribution in [2.45, 2.75) is 69.9 Å². The minimum atomic E-state index is -1.94. The highest BCUT2D eigenvalue weighted by atomic mass is 16.6. The largest absolute Gasteiger partial charge is 0.457 e. The number of carbonyl (C=O) groups is 3. The van der Waals surface area contributed by atoms with Crippen molar-refractivity contribution in [3.63, 3.8) is 0 Å². The Morgan fingerprint density at radius 1 is 1.21 bits per heavy atom. The van der Waals surface area contributed by atoms with E-state index in [2.05, 4.69) is 5.32 Å². The van der Waals surface area contributed by atoms with Crippen LogP contribution in [0, 0.1) is 0 Å². The van der Waals surface area contributed by atoms with Gasteiger partial charge in [0.25, 0.3) is 5.56 Å². The van der Waals surface area contributed by atoms with Crippen LogP contribution in [0.3, 0.4) is 0 Å². The number of unbranched alkanes of at least 4 members (excludes halogenated alkanes) is 1. The number of pyridine rings is 2. The van der Waals surface area contributed by atoms with Crippen LogP contribution >= 0.6 is 0 Å². The number of nitrogens with zero attached hydrogens (tertiary/aromatic N) is 2. The van der Waals surface area contributed by atoms with Crippen molar-refractivity contribution < 1.29 is 29.0 Å². The Balaban J connectivity index is 1.50. The minimum absolute atomic E-state index is 0.0378. The first kappa shape index (κ1) is 29.4. The number of nitrogens with one attached hydrogen (secondary N) is 1. The van der Waals surface area contributed by atoms with Crippen LogP contribution in [0.1, 0.15) is 55.7 Å². The zero-order valence-electron chi connectivity index (χ0n) is 23.4. The summed E-state index contributed by atoms with van der Waals surface area (Å²) in [5.41, 5.74) is 12.3. The smallest absolute Gasteiger partial charge is 0.355 e. The fraction of sp³-hybridized carbons (Fsp3) is 0.433. The fourth-order valence-electron chi connectivity index (χ4n) is 5.62. The molecule has 222 valence electrons. The van der Waals surface area contributed by atoms with E-state index in [1.54, 1.807) is 17.6 Å². The van der Waals surface area contributed by atoms with E-state index in [1.807, 2.05) is 30.3 Å². The predicted molar refractivity (Wildman–Crippen MR) is 153 cm³/mol. The molecular formula is C30H35N5O7. The lowest BCUT2D eigenvalue weighted by Crippen LogP contribution is -2.53. The summed E-state index contributed by atoms with van der Waals surface area (Å²) in [4.78, 5) is 58.1. The van der Waals surface area contributed by atoms with E-state index in [4.69, 9.17) is 25.9 Å². The van der Waals surface area contributed by atoms with Crippen LogP contribution in [-0.4, -0.2) is 57.7 Å². The highest BCUT2D eigenvalue weighted by molar-refractivity contribution is 5.91. The third-order valence-electron chi connectivity index (χ3n) is 7.98. The van der Waals surface area contributed by atoms with Crippen molar-refractivity contribution in [1.29, 1.82) is 0 Å². The lowest BCUT2D eigenvalue weighted by molar-refractivity contribution is -0.191. The maximum absolute atomic E-state index is 13.7. The lowest BCUT2D eigenvalue weighted by Gasteiger charge is -2.36. The van der Waals surface area contributed by atoms with Crippen LogP contribution in [0.2, 0.25) is 0 Å². The van der Waals surface area contributed by atoms with Crippen molar-refractivity contribution >= 4 is 28.7 Å². The summed E-state index contributed by atoms with van der Waals surface area (Å²) in [6, 6.07) is 9.11. The van der Waals surface area contributed by atoms with Gasteiger partial charge in [0.1, 0.15) is 12.6 Å². The van der Waals surface area contributed by atoms with Crippen LogP contribution in [0.25, 0.3) is 22.3 Å². The fourth-order valence-corrected chi connectivity index (χ4v) is 5.62. The quantitative estimate of drug-likeness (QED) is 0.148. The number of aliphatic hydroxyl groups excluding tert-OH is 1. The molecule has 4 heterocycles. The number of benzene rings is 1. The molecule has 0 fully saturated rings. The standard InChI is InChI=1S/C30H35N5O7/c1-2-30(42-28(39)23(10-12-36)34-26(37)21(32)8-5-6-11-31)20-14-24-25-18(13-17-7-3-4-9-22(17)33-25)15-35(24)27(38)19(20)16-41-29(30)40/h3-4,7,9,13-14,21,23,36H,2,5-6,8,10-12,15-16,31-32H2,1H3,(H,34,37)/t21-,23-,30-/m0/s1. The van der Waals surface area contributed by atoms with Gasteiger partial charge in [0.05, 0.1) is 35.1 Å². The molecule has 2 aliphatic heterocycles. The number of ether oxygens (including phenoxy) is 2. The first-order valence-electron chi connectivity index (χ1n) is 14.2. The molecule has 0 unspecified atom stereocenters. The zero-order chi connectivity index (χ0) is 30.0. The minimum Gasteiger partial charge on any atom is -0.457 e. The third kappa shape index (κ3) is 5.17. The topological polar surface area (TPSA) is 189 Å². The number of aromatic nitrogens is 2. The normalized spacial score (nSPS) is 18.4. The summed E-state index contributed by atoms with van der Waals surface area (Å²) in [6.45, 7) is 1.70. The Morgan fingerprint density at radius 2 is 2.00 bits per heavy atom. The summed E-state index contributed by atoms with van der Waals surface area (Å²) in [6.07, 6.45) is 1.49. The highest BCUT2D eigenvalue weighted by Gasteiger charge is 2.51. The molecule has 1 aromatic carbocycles. The first-order valence-corrected chi connectivity index (χ1v) is 14.2. The Bertz CT molecular complexity index is 1600. The third-order valence-corrected chi connectivity index (χ3v) is 7.98. The molecule has 0 bridgehead atoms. The molecule has 3 atom stereocenters. The summed E-state index contributed by atoms with van der Waals surface area (Å²) >= 11 is 0. The zero-order valence-corrected chi connectivity index (χ0v) is 23.4. The Morgan fingerprint density at radius 3 is 2.74 bits per heavy atom. The van der Waals surface area contributed by atoms with Gasteiger partial charge in [0, 0.05) is 29.5 Å². The number of hydrogen-bond acceptors (Lipinski definition) is 10. The summed E-state index contributed by atoms with van der Waals surface area (Å²) in [5, 5.41) is 13.1. The average molecular weight is 578 g/mol. The van der Waals surface area contributed by atoms with Crippen LogP contribution in [0.5, 0.6) is 0 Å². The van der Waals surface area contributed by atoms with Crippen molar-refractivity contribution in [3.8, 4) is 11.4 Å². The molecule has 3 aromatic rings. The molecule has 1 amide bonds. The van der Waals surface area contributed by atoms with Gasteiger partial charge < -0.3 is 35.9 Å². The van der Waals surface area contributed by atoms with Crippen molar-refractivity contribution in [2.75, 3.05) is 13.2 Å². The monoisotopic (exact) mass is 577 g/mol. The molecule has 12 heteroatoms. The molecule has 42 heavy (non-hydrogen) atoms. The molecule has 0 saturated carbocycles. The average Bonchev–Trinajstić information content (AvgIpc) is 3.35. The van der Waals surface area contributed by atoms with E-state index in [9.17, 15) is 24.3 Å². The molecule has 12 nitrogen and oxygen atoms in total. The Kier molecular flexibility index (Phi) is 8.39. The van der Waals surface area contributed by atoms with Crippen molar-refractivity contribution in [1.82, 2.24) is 14.9 Å². The number of amides is 1. The molecule has 0 radical (unpaired) electrons. The predicted octanol–water partition coefficient (Wildman–Crippen LogP) is 0.954. The molecule has 5 rings (SSSR count). The maximum atomic E-state index is 13.7. The number of aliphatic hydroxyl groups is 1. The van der Waals surface area contributed by atoms with Gasteiger partial charge in [0.2, 0.25) is 11.5 Å². The summed E-state index contributed by atoms with van der Waals surface area (Å²) in [7, 11) is 0. The number of rotatable bonds is 11. The molecule has 6 N–H and O–H groups in total. The van der Waals surface area contributed by atoms with E-state index < -0.39 is 42.1 Å². The maximum Gasteiger partial charge on any atom is 0.355 e. The van der Waals surface area contributed by atoms with Gasteiger partial charge in [-0.3, -0.25) is 9.59 Å². The molecule has 0 spiro atoms. The van der Waals surface area contributed by atoms with Crippen molar-refractivity contribution in [2.24, 2.45) is 11.5 Å². The van der Waals surface area contributed by atoms with Crippen LogP contribution in [-0.2, 0) is 42.6 Å². The van der Waals surface area contributed by atoms with E-state index in [-0.39, 0.29) is 36.1 Å². The second-order valence-electron chi connectivity index (χ2n) is 10.6. The van der Waals surface area contributed by atoms with Gasteiger partial charge in [-0.1, -0.05) is 31.5 Å². The summed E-state index contributed by atoms with van der Waals surface area (Å²) < 4.78 is 12.8. The number of fused-ring (bicyclic) bond motifs is 5. The molecule has 2 aliphatic rings. The number of cyclic esters (lactones) is 1. The van der Waals surface area contributed by atoms with Gasteiger partial charge in [-0.25, -0.2) is 14.6 Å². The van der Waals surface area contributed by atoms with Gasteiger partial charge in [-0.05, 0) is 44.0 Å². The van der Waals surface area contributed by atoms with Crippen LogP contribution in [0.15, 0.2) is 41.2 Å². The Hall–Kier alpha value is -4.13. The molecule has 0 aliphatic carbocycles.